The standard InChI is InChI=1S/C12H17N5O2S/c13-10-9(11(19)15-7-4-8(18)14-5-7)20-12(17-10)16-6-2-1-3-6/h6-7H,1-5,13H2,(H,14,18)(H,15,19)(H,16,17). The molecule has 1 aliphatic heterocycles. The highest BCUT2D eigenvalue weighted by Crippen LogP contribution is 2.29. The monoisotopic (exact) mass is 295 g/mol. The predicted molar refractivity (Wildman–Crippen MR) is 76.7 cm³/mol. The van der Waals surface area contributed by atoms with E-state index >= 15 is 0 Å². The summed E-state index contributed by atoms with van der Waals surface area (Å²) in [6, 6.07) is 0.285. The number of carbonyl (C=O) groups excluding carboxylic acids is 2. The van der Waals surface area contributed by atoms with E-state index < -0.39 is 0 Å². The molecule has 2 fully saturated rings. The number of amides is 2. The topological polar surface area (TPSA) is 109 Å². The number of nitrogens with two attached hydrogens (primary N) is 1. The summed E-state index contributed by atoms with van der Waals surface area (Å²) in [6.07, 6.45) is 3.82. The van der Waals surface area contributed by atoms with Gasteiger partial charge in [0.05, 0.1) is 6.04 Å². The zero-order valence-corrected chi connectivity index (χ0v) is 11.8. The van der Waals surface area contributed by atoms with Crippen LogP contribution >= 0.6 is 11.3 Å². The van der Waals surface area contributed by atoms with Gasteiger partial charge in [0.1, 0.15) is 10.7 Å². The Balaban J connectivity index is 1.63. The van der Waals surface area contributed by atoms with Crippen LogP contribution in [-0.4, -0.2) is 35.4 Å². The van der Waals surface area contributed by atoms with Gasteiger partial charge in [-0.1, -0.05) is 11.3 Å². The number of rotatable bonds is 4. The van der Waals surface area contributed by atoms with Crippen molar-refractivity contribution in [3.8, 4) is 0 Å². The summed E-state index contributed by atoms with van der Waals surface area (Å²) in [5.74, 6) is -0.0605. The van der Waals surface area contributed by atoms with Gasteiger partial charge in [0, 0.05) is 19.0 Å². The maximum atomic E-state index is 12.1. The SMILES string of the molecule is Nc1nc(NC2CCC2)sc1C(=O)NC1CNC(=O)C1. The van der Waals surface area contributed by atoms with Crippen molar-refractivity contribution in [2.24, 2.45) is 0 Å². The Kier molecular flexibility index (Phi) is 3.47. The van der Waals surface area contributed by atoms with Crippen molar-refractivity contribution in [1.29, 1.82) is 0 Å². The molecule has 108 valence electrons. The Hall–Kier alpha value is -1.83. The fraction of sp³-hybridized carbons (Fsp3) is 0.583. The molecular formula is C12H17N5O2S. The van der Waals surface area contributed by atoms with Gasteiger partial charge in [-0.15, -0.1) is 0 Å². The summed E-state index contributed by atoms with van der Waals surface area (Å²) < 4.78 is 0. The Morgan fingerprint density at radius 2 is 2.20 bits per heavy atom. The first kappa shape index (κ1) is 13.2. The smallest absolute Gasteiger partial charge is 0.265 e. The minimum absolute atomic E-state index is 0.0417. The van der Waals surface area contributed by atoms with E-state index in [1.807, 2.05) is 0 Å². The fourth-order valence-electron chi connectivity index (χ4n) is 2.24. The molecule has 1 unspecified atom stereocenters. The van der Waals surface area contributed by atoms with Crippen molar-refractivity contribution < 1.29 is 9.59 Å². The van der Waals surface area contributed by atoms with Crippen molar-refractivity contribution in [3.63, 3.8) is 0 Å². The van der Waals surface area contributed by atoms with Gasteiger partial charge in [0.2, 0.25) is 5.91 Å². The number of hydrogen-bond donors (Lipinski definition) is 4. The first-order valence-electron chi connectivity index (χ1n) is 6.72. The van der Waals surface area contributed by atoms with Crippen LogP contribution in [0.1, 0.15) is 35.4 Å². The summed E-state index contributed by atoms with van der Waals surface area (Å²) in [5, 5.41) is 9.45. The molecule has 2 amide bonds. The number of nitrogens with one attached hydrogen (secondary N) is 3. The summed E-state index contributed by atoms with van der Waals surface area (Å²) in [6.45, 7) is 0.469. The highest BCUT2D eigenvalue weighted by molar-refractivity contribution is 7.18. The first-order valence-corrected chi connectivity index (χ1v) is 7.54. The number of hydrogen-bond acceptors (Lipinski definition) is 6. The minimum Gasteiger partial charge on any atom is -0.382 e. The lowest BCUT2D eigenvalue weighted by Crippen LogP contribution is -2.36. The van der Waals surface area contributed by atoms with E-state index in [2.05, 4.69) is 20.9 Å². The van der Waals surface area contributed by atoms with E-state index in [-0.39, 0.29) is 23.7 Å². The normalized spacial score (nSPS) is 22.2. The molecule has 5 N–H and O–H groups in total. The van der Waals surface area contributed by atoms with Gasteiger partial charge in [-0.05, 0) is 19.3 Å². The van der Waals surface area contributed by atoms with Crippen molar-refractivity contribution in [2.45, 2.75) is 37.8 Å². The van der Waals surface area contributed by atoms with Gasteiger partial charge < -0.3 is 21.7 Å². The van der Waals surface area contributed by atoms with Gasteiger partial charge in [0.25, 0.3) is 5.91 Å². The van der Waals surface area contributed by atoms with Crippen molar-refractivity contribution in [3.05, 3.63) is 4.88 Å². The third-order valence-electron chi connectivity index (χ3n) is 3.61. The Morgan fingerprint density at radius 3 is 2.80 bits per heavy atom. The molecule has 1 aliphatic carbocycles. The number of anilines is 2. The number of nitrogen functional groups attached to an aromatic ring is 1. The fourth-order valence-corrected chi connectivity index (χ4v) is 3.11. The number of carbonyl (C=O) groups is 2. The highest BCUT2D eigenvalue weighted by atomic mass is 32.1. The largest absolute Gasteiger partial charge is 0.382 e. The van der Waals surface area contributed by atoms with Gasteiger partial charge in [-0.3, -0.25) is 9.59 Å². The van der Waals surface area contributed by atoms with E-state index in [9.17, 15) is 9.59 Å². The highest BCUT2D eigenvalue weighted by Gasteiger charge is 2.26. The van der Waals surface area contributed by atoms with Crippen molar-refractivity contribution in [2.75, 3.05) is 17.6 Å². The number of aromatic nitrogens is 1. The molecule has 1 aromatic rings. The second-order valence-corrected chi connectivity index (χ2v) is 6.18. The van der Waals surface area contributed by atoms with E-state index in [0.29, 0.717) is 29.0 Å². The van der Waals surface area contributed by atoms with Crippen LogP contribution in [-0.2, 0) is 4.79 Å². The Bertz CT molecular complexity index is 540. The van der Waals surface area contributed by atoms with Gasteiger partial charge in [0.15, 0.2) is 5.13 Å². The van der Waals surface area contributed by atoms with E-state index in [0.717, 1.165) is 12.8 Å². The molecule has 3 rings (SSSR count). The van der Waals surface area contributed by atoms with Crippen LogP contribution in [0.5, 0.6) is 0 Å². The summed E-state index contributed by atoms with van der Waals surface area (Å²) in [5.41, 5.74) is 5.79. The first-order chi connectivity index (χ1) is 9.61. The molecule has 20 heavy (non-hydrogen) atoms. The van der Waals surface area contributed by atoms with Crippen LogP contribution in [0.25, 0.3) is 0 Å². The molecule has 0 bridgehead atoms. The third kappa shape index (κ3) is 2.69. The molecule has 0 aromatic carbocycles. The van der Waals surface area contributed by atoms with Crippen molar-refractivity contribution in [1.82, 2.24) is 15.6 Å². The molecule has 7 nitrogen and oxygen atoms in total. The number of nitrogens with zero attached hydrogens (tertiary/aromatic N) is 1. The molecular weight excluding hydrogens is 278 g/mol. The Labute approximate surface area is 120 Å². The van der Waals surface area contributed by atoms with E-state index in [4.69, 9.17) is 5.73 Å². The molecule has 1 aromatic heterocycles. The van der Waals surface area contributed by atoms with Gasteiger partial charge in [-0.25, -0.2) is 4.98 Å². The van der Waals surface area contributed by atoms with Crippen LogP contribution < -0.4 is 21.7 Å². The molecule has 1 saturated heterocycles. The van der Waals surface area contributed by atoms with Crippen LogP contribution in [0, 0.1) is 0 Å². The molecule has 1 atom stereocenters. The maximum absolute atomic E-state index is 12.1. The number of thiazole rings is 1. The molecule has 1 saturated carbocycles. The molecule has 0 spiro atoms. The van der Waals surface area contributed by atoms with Crippen LogP contribution in [0.4, 0.5) is 10.9 Å². The average molecular weight is 295 g/mol. The lowest BCUT2D eigenvalue weighted by molar-refractivity contribution is -0.119. The summed E-state index contributed by atoms with van der Waals surface area (Å²) in [4.78, 5) is 27.8. The molecule has 8 heteroatoms. The van der Waals surface area contributed by atoms with Crippen molar-refractivity contribution >= 4 is 34.1 Å². The second-order valence-electron chi connectivity index (χ2n) is 5.18. The van der Waals surface area contributed by atoms with Gasteiger partial charge in [-0.2, -0.15) is 0 Å². The molecule has 2 aliphatic rings. The molecule has 0 radical (unpaired) electrons. The average Bonchev–Trinajstić information content (AvgIpc) is 2.90. The lowest BCUT2D eigenvalue weighted by atomic mass is 9.93. The lowest BCUT2D eigenvalue weighted by Gasteiger charge is -2.25. The minimum atomic E-state index is -0.261. The zero-order chi connectivity index (χ0) is 14.1. The summed E-state index contributed by atoms with van der Waals surface area (Å²) >= 11 is 1.26. The van der Waals surface area contributed by atoms with Crippen LogP contribution in [0.15, 0.2) is 0 Å². The quantitative estimate of drug-likeness (QED) is 0.639. The van der Waals surface area contributed by atoms with Crippen LogP contribution in [0.3, 0.4) is 0 Å². The Morgan fingerprint density at radius 1 is 1.40 bits per heavy atom. The maximum Gasteiger partial charge on any atom is 0.265 e. The summed E-state index contributed by atoms with van der Waals surface area (Å²) in [7, 11) is 0. The van der Waals surface area contributed by atoms with Gasteiger partial charge >= 0.3 is 0 Å². The van der Waals surface area contributed by atoms with E-state index in [1.165, 1.54) is 17.8 Å². The van der Waals surface area contributed by atoms with Crippen LogP contribution in [0.2, 0.25) is 0 Å². The van der Waals surface area contributed by atoms with E-state index in [1.54, 1.807) is 0 Å². The zero-order valence-electron chi connectivity index (χ0n) is 10.9. The predicted octanol–water partition coefficient (Wildman–Crippen LogP) is 0.308. The third-order valence-corrected chi connectivity index (χ3v) is 4.61. The second kappa shape index (κ2) is 5.28. The molecule has 2 heterocycles.